The second kappa shape index (κ2) is 32.7. The normalized spacial score (nSPS) is 14.3. The minimum absolute atomic E-state index is 0.163. The van der Waals surface area contributed by atoms with Gasteiger partial charge in [0.2, 0.25) is 5.91 Å². The molecule has 46 heavy (non-hydrogen) atoms. The standard InChI is InChI=1S/C39H67NO5S/c1-3-5-7-9-11-13-15-17-18-19-20-21-23-24-26-28-30-32-34-38(41)37(36-46(43,44)45)40-39(42)35-33-31-29-27-25-22-16-14-12-10-8-6-4-2/h6,8,12,14,22,24-26,29,31-32,34,37-38,41H,3-5,7,9-11,13,15-21,23,27-28,30,33,35-36H2,1-2H3,(H,40,42)(H,43,44,45)/b8-6-,14-12-,25-22-,26-24+,31-29-,34-32+. The van der Waals surface area contributed by atoms with Crippen molar-refractivity contribution in [3.05, 3.63) is 72.9 Å². The van der Waals surface area contributed by atoms with Gasteiger partial charge in [0.15, 0.2) is 0 Å². The Bertz CT molecular complexity index is 994. The molecule has 7 heteroatoms. The van der Waals surface area contributed by atoms with Crippen LogP contribution in [0.1, 0.15) is 149 Å². The van der Waals surface area contributed by atoms with E-state index in [1.54, 1.807) is 6.08 Å². The topological polar surface area (TPSA) is 104 Å². The van der Waals surface area contributed by atoms with Crippen molar-refractivity contribution < 1.29 is 22.9 Å². The molecule has 0 saturated carbocycles. The van der Waals surface area contributed by atoms with Gasteiger partial charge in [0, 0.05) is 6.42 Å². The molecule has 0 rings (SSSR count). The summed E-state index contributed by atoms with van der Waals surface area (Å²) in [5, 5.41) is 13.1. The minimum Gasteiger partial charge on any atom is -0.387 e. The molecule has 0 aromatic heterocycles. The van der Waals surface area contributed by atoms with E-state index in [9.17, 15) is 22.9 Å². The quantitative estimate of drug-likeness (QED) is 0.0390. The maximum atomic E-state index is 12.4. The molecule has 264 valence electrons. The summed E-state index contributed by atoms with van der Waals surface area (Å²) >= 11 is 0. The zero-order valence-electron chi connectivity index (χ0n) is 29.2. The lowest BCUT2D eigenvalue weighted by atomic mass is 10.0. The average Bonchev–Trinajstić information content (AvgIpc) is 3.01. The summed E-state index contributed by atoms with van der Waals surface area (Å²) < 4.78 is 32.3. The van der Waals surface area contributed by atoms with Crippen molar-refractivity contribution in [2.24, 2.45) is 0 Å². The third-order valence-corrected chi connectivity index (χ3v) is 8.41. The maximum Gasteiger partial charge on any atom is 0.267 e. The molecule has 0 bridgehead atoms. The monoisotopic (exact) mass is 661 g/mol. The highest BCUT2D eigenvalue weighted by atomic mass is 32.2. The Kier molecular flexibility index (Phi) is 31.1. The molecule has 1 amide bonds. The lowest BCUT2D eigenvalue weighted by Crippen LogP contribution is -2.46. The molecule has 0 spiro atoms. The van der Waals surface area contributed by atoms with Gasteiger partial charge in [-0.15, -0.1) is 0 Å². The second-order valence-electron chi connectivity index (χ2n) is 12.1. The van der Waals surface area contributed by atoms with Gasteiger partial charge in [-0.25, -0.2) is 0 Å². The zero-order chi connectivity index (χ0) is 34.0. The molecule has 0 radical (unpaired) electrons. The van der Waals surface area contributed by atoms with E-state index >= 15 is 0 Å². The van der Waals surface area contributed by atoms with E-state index in [1.807, 2.05) is 12.2 Å². The smallest absolute Gasteiger partial charge is 0.267 e. The third kappa shape index (κ3) is 33.2. The Balaban J connectivity index is 4.15. The lowest BCUT2D eigenvalue weighted by Gasteiger charge is -2.20. The maximum absolute atomic E-state index is 12.4. The van der Waals surface area contributed by atoms with E-state index < -0.39 is 28.0 Å². The first-order chi connectivity index (χ1) is 22.3. The summed E-state index contributed by atoms with van der Waals surface area (Å²) in [4.78, 5) is 12.4. The number of hydrogen-bond acceptors (Lipinski definition) is 4. The lowest BCUT2D eigenvalue weighted by molar-refractivity contribution is -0.122. The predicted molar refractivity (Wildman–Crippen MR) is 197 cm³/mol. The van der Waals surface area contributed by atoms with Gasteiger partial charge in [-0.3, -0.25) is 9.35 Å². The number of hydrogen-bond donors (Lipinski definition) is 3. The van der Waals surface area contributed by atoms with Crippen molar-refractivity contribution in [3.63, 3.8) is 0 Å². The molecule has 2 atom stereocenters. The van der Waals surface area contributed by atoms with Gasteiger partial charge >= 0.3 is 0 Å². The Hall–Kier alpha value is -2.22. The fraction of sp³-hybridized carbons (Fsp3) is 0.667. The molecule has 3 N–H and O–H groups in total. The van der Waals surface area contributed by atoms with E-state index in [1.165, 1.54) is 83.1 Å². The molecule has 0 aliphatic carbocycles. The largest absolute Gasteiger partial charge is 0.387 e. The second-order valence-corrected chi connectivity index (χ2v) is 13.6. The molecule has 2 unspecified atom stereocenters. The van der Waals surface area contributed by atoms with E-state index in [4.69, 9.17) is 0 Å². The highest BCUT2D eigenvalue weighted by Crippen LogP contribution is 2.13. The highest BCUT2D eigenvalue weighted by molar-refractivity contribution is 7.85. The molecular formula is C39H67NO5S. The third-order valence-electron chi connectivity index (χ3n) is 7.63. The summed E-state index contributed by atoms with van der Waals surface area (Å²) in [6.07, 6.45) is 46.2. The zero-order valence-corrected chi connectivity index (χ0v) is 30.0. The number of allylic oxidation sites excluding steroid dienone is 11. The van der Waals surface area contributed by atoms with E-state index in [0.29, 0.717) is 12.8 Å². The van der Waals surface area contributed by atoms with E-state index in [-0.39, 0.29) is 12.3 Å². The van der Waals surface area contributed by atoms with Crippen LogP contribution < -0.4 is 5.32 Å². The SMILES string of the molecule is CC/C=C\C/C=C\C/C=C\C/C=C\CCC(=O)NC(CS(=O)(=O)O)C(O)/C=C/CC/C=C/CCCCCCCCCCCCCC. The Labute approximate surface area is 283 Å². The number of aliphatic hydroxyl groups excluding tert-OH is 1. The molecule has 0 heterocycles. The van der Waals surface area contributed by atoms with Crippen LogP contribution >= 0.6 is 0 Å². The van der Waals surface area contributed by atoms with Gasteiger partial charge in [-0.05, 0) is 57.8 Å². The Morgan fingerprint density at radius 1 is 0.609 bits per heavy atom. The van der Waals surface area contributed by atoms with Gasteiger partial charge < -0.3 is 10.4 Å². The number of nitrogens with one attached hydrogen (secondary N) is 1. The molecular weight excluding hydrogens is 594 g/mol. The van der Waals surface area contributed by atoms with Gasteiger partial charge in [-0.1, -0.05) is 157 Å². The number of unbranched alkanes of at least 4 members (excludes halogenated alkanes) is 13. The van der Waals surface area contributed by atoms with Crippen molar-refractivity contribution in [2.75, 3.05) is 5.75 Å². The number of carbonyl (C=O) groups excluding carboxylic acids is 1. The van der Waals surface area contributed by atoms with Crippen LogP contribution in [-0.4, -0.2) is 41.9 Å². The van der Waals surface area contributed by atoms with Crippen LogP contribution in [0.15, 0.2) is 72.9 Å². The van der Waals surface area contributed by atoms with Crippen LogP contribution in [0.4, 0.5) is 0 Å². The summed E-state index contributed by atoms with van der Waals surface area (Å²) in [6, 6.07) is -1.11. The first-order valence-corrected chi connectivity index (χ1v) is 19.7. The van der Waals surface area contributed by atoms with Crippen molar-refractivity contribution in [1.29, 1.82) is 0 Å². The Morgan fingerprint density at radius 2 is 1.07 bits per heavy atom. The van der Waals surface area contributed by atoms with E-state index in [2.05, 4.69) is 67.8 Å². The molecule has 0 fully saturated rings. The van der Waals surface area contributed by atoms with Gasteiger partial charge in [-0.2, -0.15) is 8.42 Å². The first kappa shape index (κ1) is 43.8. The molecule has 0 aromatic rings. The molecule has 0 aliphatic heterocycles. The van der Waals surface area contributed by atoms with Gasteiger partial charge in [0.05, 0.1) is 17.9 Å². The van der Waals surface area contributed by atoms with Gasteiger partial charge in [0.25, 0.3) is 10.1 Å². The Morgan fingerprint density at radius 3 is 1.61 bits per heavy atom. The fourth-order valence-electron chi connectivity index (χ4n) is 4.94. The number of amides is 1. The van der Waals surface area contributed by atoms with Crippen LogP contribution in [0.3, 0.4) is 0 Å². The number of aliphatic hydroxyl groups is 1. The summed E-state index contributed by atoms with van der Waals surface area (Å²) in [7, 11) is -4.37. The molecule has 0 aliphatic rings. The van der Waals surface area contributed by atoms with Crippen molar-refractivity contribution in [1.82, 2.24) is 5.32 Å². The minimum atomic E-state index is -4.37. The molecule has 0 aromatic carbocycles. The van der Waals surface area contributed by atoms with Crippen molar-refractivity contribution in [3.8, 4) is 0 Å². The molecule has 6 nitrogen and oxygen atoms in total. The fourth-order valence-corrected chi connectivity index (χ4v) is 5.68. The van der Waals surface area contributed by atoms with Crippen LogP contribution in [0.5, 0.6) is 0 Å². The van der Waals surface area contributed by atoms with Crippen molar-refractivity contribution >= 4 is 16.0 Å². The predicted octanol–water partition coefficient (Wildman–Crippen LogP) is 10.3. The summed E-state index contributed by atoms with van der Waals surface area (Å²) in [5.74, 6) is -1.11. The van der Waals surface area contributed by atoms with Crippen LogP contribution in [0.25, 0.3) is 0 Å². The molecule has 0 saturated heterocycles. The number of rotatable bonds is 31. The van der Waals surface area contributed by atoms with Crippen LogP contribution in [0, 0.1) is 0 Å². The highest BCUT2D eigenvalue weighted by Gasteiger charge is 2.24. The van der Waals surface area contributed by atoms with Crippen LogP contribution in [-0.2, 0) is 14.9 Å². The number of carbonyl (C=O) groups is 1. The van der Waals surface area contributed by atoms with Crippen LogP contribution in [0.2, 0.25) is 0 Å². The van der Waals surface area contributed by atoms with E-state index in [0.717, 1.165) is 38.5 Å². The van der Waals surface area contributed by atoms with Crippen molar-refractivity contribution in [2.45, 2.75) is 161 Å². The summed E-state index contributed by atoms with van der Waals surface area (Å²) in [5.41, 5.74) is 0. The average molecular weight is 662 g/mol. The first-order valence-electron chi connectivity index (χ1n) is 18.1. The van der Waals surface area contributed by atoms with Gasteiger partial charge in [0.1, 0.15) is 0 Å². The summed E-state index contributed by atoms with van der Waals surface area (Å²) in [6.45, 7) is 4.38.